The molecule has 1 aliphatic carbocycles. The molecule has 2 aromatic rings. The van der Waals surface area contributed by atoms with Crippen molar-refractivity contribution in [2.75, 3.05) is 10.6 Å². The van der Waals surface area contributed by atoms with Crippen LogP contribution in [0.5, 0.6) is 0 Å². The van der Waals surface area contributed by atoms with Gasteiger partial charge in [0.25, 0.3) is 0 Å². The number of rotatable bonds is 5. The third-order valence-electron chi connectivity index (χ3n) is 4.78. The third-order valence-corrected chi connectivity index (χ3v) is 4.78. The number of anilines is 2. The van der Waals surface area contributed by atoms with E-state index in [0.717, 1.165) is 5.56 Å². The summed E-state index contributed by atoms with van der Waals surface area (Å²) in [5.74, 6) is -1.01. The molecule has 2 amide bonds. The monoisotopic (exact) mass is 365 g/mol. The lowest BCUT2D eigenvalue weighted by molar-refractivity contribution is -0.131. The van der Waals surface area contributed by atoms with Gasteiger partial charge in [0.1, 0.15) is 11.2 Å². The number of nitrogens with one attached hydrogen (secondary N) is 2. The number of nitriles is 1. The van der Waals surface area contributed by atoms with Gasteiger partial charge in [-0.2, -0.15) is 5.26 Å². The molecule has 0 heterocycles. The zero-order valence-corrected chi connectivity index (χ0v) is 15.2. The van der Waals surface area contributed by atoms with Crippen molar-refractivity contribution < 1.29 is 14.0 Å². The SMILES string of the molecule is CC(C)c1ccc(NC(=O)C2(C(=O)Nc3ccc(F)cc3)CC2)cc1C#N. The first-order chi connectivity index (χ1) is 12.9. The van der Waals surface area contributed by atoms with Crippen LogP contribution in [0.4, 0.5) is 15.8 Å². The highest BCUT2D eigenvalue weighted by atomic mass is 19.1. The van der Waals surface area contributed by atoms with Gasteiger partial charge in [-0.05, 0) is 60.7 Å². The number of carbonyl (C=O) groups excluding carboxylic acids is 2. The summed E-state index contributed by atoms with van der Waals surface area (Å²) >= 11 is 0. The fourth-order valence-corrected chi connectivity index (χ4v) is 2.95. The van der Waals surface area contributed by atoms with Crippen LogP contribution in [0.25, 0.3) is 0 Å². The van der Waals surface area contributed by atoms with Gasteiger partial charge in [0.05, 0.1) is 11.6 Å². The maximum atomic E-state index is 13.0. The van der Waals surface area contributed by atoms with Crippen LogP contribution in [0, 0.1) is 22.6 Å². The predicted octanol–water partition coefficient (Wildman–Crippen LogP) is 4.18. The minimum atomic E-state index is -1.13. The van der Waals surface area contributed by atoms with Gasteiger partial charge in [0.2, 0.25) is 11.8 Å². The Labute approximate surface area is 157 Å². The van der Waals surface area contributed by atoms with Crippen LogP contribution in [0.15, 0.2) is 42.5 Å². The summed E-state index contributed by atoms with van der Waals surface area (Å²) < 4.78 is 13.0. The van der Waals surface area contributed by atoms with Crippen molar-refractivity contribution in [2.24, 2.45) is 5.41 Å². The summed E-state index contributed by atoms with van der Waals surface area (Å²) in [4.78, 5) is 25.2. The number of hydrogen-bond acceptors (Lipinski definition) is 3. The van der Waals surface area contributed by atoms with Crippen LogP contribution in [0.3, 0.4) is 0 Å². The highest BCUT2D eigenvalue weighted by Crippen LogP contribution is 2.47. The molecule has 1 aliphatic rings. The standard InChI is InChI=1S/C21H20FN3O2/c1-13(2)18-8-7-17(11-14(18)12-23)25-20(27)21(9-10-21)19(26)24-16-5-3-15(22)4-6-16/h3-8,11,13H,9-10H2,1-2H3,(H,24,26)(H,25,27). The van der Waals surface area contributed by atoms with Crippen LogP contribution in [0.2, 0.25) is 0 Å². The van der Waals surface area contributed by atoms with E-state index in [-0.39, 0.29) is 5.92 Å². The Morgan fingerprint density at radius 3 is 2.11 bits per heavy atom. The Balaban J connectivity index is 1.73. The fraction of sp³-hybridized carbons (Fsp3) is 0.286. The molecule has 0 aromatic heterocycles. The average Bonchev–Trinajstić information content (AvgIpc) is 3.45. The summed E-state index contributed by atoms with van der Waals surface area (Å²) in [6, 6.07) is 12.7. The number of nitrogens with zero attached hydrogens (tertiary/aromatic N) is 1. The molecule has 138 valence electrons. The van der Waals surface area contributed by atoms with Crippen molar-refractivity contribution in [1.82, 2.24) is 0 Å². The first-order valence-corrected chi connectivity index (χ1v) is 8.78. The van der Waals surface area contributed by atoms with Gasteiger partial charge in [-0.15, -0.1) is 0 Å². The topological polar surface area (TPSA) is 82.0 Å². The van der Waals surface area contributed by atoms with E-state index in [1.54, 1.807) is 12.1 Å². The Kier molecular flexibility index (Phi) is 4.95. The molecule has 0 aliphatic heterocycles. The maximum absolute atomic E-state index is 13.0. The van der Waals surface area contributed by atoms with Gasteiger partial charge < -0.3 is 10.6 Å². The second-order valence-corrected chi connectivity index (χ2v) is 7.07. The lowest BCUT2D eigenvalue weighted by atomic mass is 9.97. The summed E-state index contributed by atoms with van der Waals surface area (Å²) in [7, 11) is 0. The third kappa shape index (κ3) is 3.82. The van der Waals surface area contributed by atoms with E-state index in [1.807, 2.05) is 19.9 Å². The summed E-state index contributed by atoms with van der Waals surface area (Å²) in [5, 5.41) is 14.7. The molecule has 27 heavy (non-hydrogen) atoms. The lowest BCUT2D eigenvalue weighted by Crippen LogP contribution is -2.35. The number of hydrogen-bond donors (Lipinski definition) is 2. The number of halogens is 1. The summed E-state index contributed by atoms with van der Waals surface area (Å²) in [6.45, 7) is 3.99. The molecule has 0 unspecified atom stereocenters. The number of benzene rings is 2. The molecule has 2 N–H and O–H groups in total. The molecule has 5 nitrogen and oxygen atoms in total. The highest BCUT2D eigenvalue weighted by Gasteiger charge is 2.56. The number of amides is 2. The first-order valence-electron chi connectivity index (χ1n) is 8.78. The average molecular weight is 365 g/mol. The second kappa shape index (κ2) is 7.20. The Morgan fingerprint density at radius 1 is 1.04 bits per heavy atom. The van der Waals surface area contributed by atoms with E-state index >= 15 is 0 Å². The Hall–Kier alpha value is -3.20. The van der Waals surface area contributed by atoms with Crippen molar-refractivity contribution >= 4 is 23.2 Å². The van der Waals surface area contributed by atoms with E-state index in [9.17, 15) is 19.2 Å². The molecule has 3 rings (SSSR count). The van der Waals surface area contributed by atoms with Crippen LogP contribution in [-0.2, 0) is 9.59 Å². The molecule has 1 saturated carbocycles. The summed E-state index contributed by atoms with van der Waals surface area (Å²) in [5.41, 5.74) is 1.21. The van der Waals surface area contributed by atoms with Gasteiger partial charge in [-0.1, -0.05) is 19.9 Å². The van der Waals surface area contributed by atoms with Crippen molar-refractivity contribution in [3.8, 4) is 6.07 Å². The lowest BCUT2D eigenvalue weighted by Gasteiger charge is -2.16. The zero-order valence-electron chi connectivity index (χ0n) is 15.2. The van der Waals surface area contributed by atoms with Crippen molar-refractivity contribution in [3.63, 3.8) is 0 Å². The van der Waals surface area contributed by atoms with E-state index in [0.29, 0.717) is 29.8 Å². The quantitative estimate of drug-likeness (QED) is 0.780. The van der Waals surface area contributed by atoms with Gasteiger partial charge >= 0.3 is 0 Å². The Morgan fingerprint density at radius 2 is 1.59 bits per heavy atom. The largest absolute Gasteiger partial charge is 0.325 e. The van der Waals surface area contributed by atoms with E-state index < -0.39 is 23.0 Å². The minimum absolute atomic E-state index is 0.195. The minimum Gasteiger partial charge on any atom is -0.325 e. The molecule has 1 fully saturated rings. The van der Waals surface area contributed by atoms with E-state index in [2.05, 4.69) is 16.7 Å². The van der Waals surface area contributed by atoms with Crippen molar-refractivity contribution in [2.45, 2.75) is 32.6 Å². The van der Waals surface area contributed by atoms with Crippen LogP contribution < -0.4 is 10.6 Å². The van der Waals surface area contributed by atoms with E-state index in [1.165, 1.54) is 24.3 Å². The van der Waals surface area contributed by atoms with Crippen molar-refractivity contribution in [3.05, 3.63) is 59.4 Å². The van der Waals surface area contributed by atoms with Gasteiger partial charge in [0, 0.05) is 11.4 Å². The normalized spacial score (nSPS) is 14.3. The Bertz CT molecular complexity index is 925. The van der Waals surface area contributed by atoms with Gasteiger partial charge in [-0.25, -0.2) is 4.39 Å². The van der Waals surface area contributed by atoms with Crippen LogP contribution in [-0.4, -0.2) is 11.8 Å². The second-order valence-electron chi connectivity index (χ2n) is 7.07. The first kappa shape index (κ1) is 18.6. The van der Waals surface area contributed by atoms with E-state index in [4.69, 9.17) is 0 Å². The molecule has 0 spiro atoms. The molecular formula is C21H20FN3O2. The molecule has 0 saturated heterocycles. The molecular weight excluding hydrogens is 345 g/mol. The molecule has 0 bridgehead atoms. The molecule has 6 heteroatoms. The maximum Gasteiger partial charge on any atom is 0.240 e. The van der Waals surface area contributed by atoms with Gasteiger partial charge in [0.15, 0.2) is 0 Å². The van der Waals surface area contributed by atoms with Crippen molar-refractivity contribution in [1.29, 1.82) is 5.26 Å². The number of carbonyl (C=O) groups is 2. The molecule has 0 atom stereocenters. The van der Waals surface area contributed by atoms with Crippen LogP contribution in [0.1, 0.15) is 43.7 Å². The predicted molar refractivity (Wildman–Crippen MR) is 101 cm³/mol. The highest BCUT2D eigenvalue weighted by molar-refractivity contribution is 6.16. The van der Waals surface area contributed by atoms with Crippen LogP contribution >= 0.6 is 0 Å². The zero-order chi connectivity index (χ0) is 19.6. The smallest absolute Gasteiger partial charge is 0.240 e. The summed E-state index contributed by atoms with van der Waals surface area (Å²) in [6.07, 6.45) is 0.891. The fourth-order valence-electron chi connectivity index (χ4n) is 2.95. The molecule has 0 radical (unpaired) electrons. The molecule has 2 aromatic carbocycles. The van der Waals surface area contributed by atoms with Gasteiger partial charge in [-0.3, -0.25) is 9.59 Å².